The average Bonchev–Trinajstić information content (AvgIpc) is 2.39. The van der Waals surface area contributed by atoms with Crippen LogP contribution in [0, 0.1) is 17.8 Å². The van der Waals surface area contributed by atoms with Gasteiger partial charge in [0.15, 0.2) is 6.29 Å². The van der Waals surface area contributed by atoms with E-state index in [4.69, 9.17) is 9.47 Å². The van der Waals surface area contributed by atoms with Gasteiger partial charge in [0, 0.05) is 6.42 Å². The molecule has 2 fully saturated rings. The van der Waals surface area contributed by atoms with E-state index in [0.29, 0.717) is 12.5 Å². The van der Waals surface area contributed by atoms with Crippen molar-refractivity contribution < 1.29 is 14.3 Å². The van der Waals surface area contributed by atoms with Gasteiger partial charge in [0.05, 0.1) is 12.7 Å². The minimum absolute atomic E-state index is 0.188. The first-order valence-electron chi connectivity index (χ1n) is 7.84. The summed E-state index contributed by atoms with van der Waals surface area (Å²) in [7, 11) is 0. The molecule has 0 amide bonds. The van der Waals surface area contributed by atoms with E-state index in [2.05, 4.69) is 20.8 Å². The smallest absolute Gasteiger partial charge is 0.226 e. The minimum Gasteiger partial charge on any atom is -0.344 e. The van der Waals surface area contributed by atoms with E-state index in [1.54, 1.807) is 0 Å². The van der Waals surface area contributed by atoms with E-state index >= 15 is 0 Å². The quantitative estimate of drug-likeness (QED) is 0.731. The molecule has 2 rings (SSSR count). The molecule has 3 heteroatoms. The van der Waals surface area contributed by atoms with E-state index in [9.17, 15) is 4.79 Å². The normalized spacial score (nSPS) is 40.3. The Morgan fingerprint density at radius 3 is 2.63 bits per heavy atom. The monoisotopic (exact) mass is 268 g/mol. The van der Waals surface area contributed by atoms with Gasteiger partial charge in [0.1, 0.15) is 0 Å². The van der Waals surface area contributed by atoms with Crippen molar-refractivity contribution in [3.05, 3.63) is 0 Å². The summed E-state index contributed by atoms with van der Waals surface area (Å²) in [4.78, 5) is 11.4. The molecule has 3 nitrogen and oxygen atoms in total. The van der Waals surface area contributed by atoms with Gasteiger partial charge in [-0.05, 0) is 49.9 Å². The van der Waals surface area contributed by atoms with Crippen molar-refractivity contribution in [3.63, 3.8) is 0 Å². The zero-order chi connectivity index (χ0) is 13.9. The number of rotatable bonds is 4. The van der Waals surface area contributed by atoms with Gasteiger partial charge in [0.25, 0.3) is 0 Å². The summed E-state index contributed by atoms with van der Waals surface area (Å²) in [6.07, 6.45) is 7.17. The van der Waals surface area contributed by atoms with Gasteiger partial charge in [-0.2, -0.15) is 0 Å². The van der Waals surface area contributed by atoms with E-state index in [1.807, 2.05) is 0 Å². The second kappa shape index (κ2) is 6.36. The van der Waals surface area contributed by atoms with Gasteiger partial charge in [-0.1, -0.05) is 20.8 Å². The summed E-state index contributed by atoms with van der Waals surface area (Å²) in [6, 6.07) is 0. The molecule has 1 aliphatic heterocycles. The molecule has 0 N–H and O–H groups in total. The van der Waals surface area contributed by atoms with Gasteiger partial charge in [0.2, 0.25) is 5.79 Å². The van der Waals surface area contributed by atoms with Crippen LogP contribution in [-0.4, -0.2) is 24.8 Å². The fourth-order valence-corrected chi connectivity index (χ4v) is 3.75. The molecule has 4 unspecified atom stereocenters. The van der Waals surface area contributed by atoms with Crippen LogP contribution in [0.1, 0.15) is 59.3 Å². The van der Waals surface area contributed by atoms with Crippen LogP contribution in [0.2, 0.25) is 0 Å². The topological polar surface area (TPSA) is 35.5 Å². The number of ether oxygens (including phenoxy) is 2. The molecule has 110 valence electrons. The third kappa shape index (κ3) is 3.57. The highest BCUT2D eigenvalue weighted by atomic mass is 16.7. The summed E-state index contributed by atoms with van der Waals surface area (Å²) in [5.74, 6) is 1.26. The van der Waals surface area contributed by atoms with Crippen molar-refractivity contribution in [2.75, 3.05) is 6.61 Å². The van der Waals surface area contributed by atoms with Crippen LogP contribution in [0.5, 0.6) is 0 Å². The van der Waals surface area contributed by atoms with Crippen LogP contribution < -0.4 is 0 Å². The van der Waals surface area contributed by atoms with Gasteiger partial charge in [-0.25, -0.2) is 0 Å². The number of hydrogen-bond donors (Lipinski definition) is 0. The van der Waals surface area contributed by atoms with Crippen LogP contribution in [0.15, 0.2) is 0 Å². The molecule has 4 atom stereocenters. The summed E-state index contributed by atoms with van der Waals surface area (Å²) < 4.78 is 11.7. The molecule has 0 bridgehead atoms. The molecule has 1 saturated carbocycles. The molecular formula is C16H28O3. The van der Waals surface area contributed by atoms with Crippen molar-refractivity contribution in [1.29, 1.82) is 0 Å². The fourth-order valence-electron chi connectivity index (χ4n) is 3.75. The van der Waals surface area contributed by atoms with E-state index in [1.165, 1.54) is 6.42 Å². The lowest BCUT2D eigenvalue weighted by atomic mass is 9.73. The first-order chi connectivity index (χ1) is 9.06. The fraction of sp³-hybridized carbons (Fsp3) is 0.938. The van der Waals surface area contributed by atoms with Crippen molar-refractivity contribution in [1.82, 2.24) is 0 Å². The van der Waals surface area contributed by atoms with Crippen molar-refractivity contribution in [2.24, 2.45) is 17.8 Å². The van der Waals surface area contributed by atoms with Crippen molar-refractivity contribution in [3.8, 4) is 0 Å². The Kier molecular flexibility index (Phi) is 5.02. The minimum atomic E-state index is -0.937. The molecule has 0 aromatic rings. The third-order valence-electron chi connectivity index (χ3n) is 4.86. The van der Waals surface area contributed by atoms with Gasteiger partial charge in [-0.15, -0.1) is 0 Å². The van der Waals surface area contributed by atoms with E-state index in [-0.39, 0.29) is 6.10 Å². The molecule has 0 aromatic heterocycles. The maximum atomic E-state index is 11.4. The standard InChI is InChI=1S/C16H28O3/c1-12(2)15-7-6-14(10-13(15)3)19-16(11-17)8-4-5-9-18-16/h11-15H,4-10H2,1-3H3. The molecule has 1 aliphatic carbocycles. The second-order valence-electron chi connectivity index (χ2n) is 6.67. The molecule has 19 heavy (non-hydrogen) atoms. The number of carbonyl (C=O) groups excluding carboxylic acids is 1. The van der Waals surface area contributed by atoms with Crippen molar-refractivity contribution in [2.45, 2.75) is 71.2 Å². The zero-order valence-corrected chi connectivity index (χ0v) is 12.6. The predicted molar refractivity (Wildman–Crippen MR) is 74.8 cm³/mol. The van der Waals surface area contributed by atoms with Crippen LogP contribution >= 0.6 is 0 Å². The summed E-state index contributed by atoms with van der Waals surface area (Å²) in [5.41, 5.74) is 0. The maximum Gasteiger partial charge on any atom is 0.226 e. The van der Waals surface area contributed by atoms with Crippen LogP contribution in [0.3, 0.4) is 0 Å². The average molecular weight is 268 g/mol. The number of aldehydes is 1. The highest BCUT2D eigenvalue weighted by molar-refractivity contribution is 5.60. The van der Waals surface area contributed by atoms with Gasteiger partial charge < -0.3 is 9.47 Å². The second-order valence-corrected chi connectivity index (χ2v) is 6.67. The lowest BCUT2D eigenvalue weighted by molar-refractivity contribution is -0.258. The number of carbonyl (C=O) groups is 1. The molecule has 1 saturated heterocycles. The van der Waals surface area contributed by atoms with E-state index < -0.39 is 5.79 Å². The maximum absolute atomic E-state index is 11.4. The Morgan fingerprint density at radius 2 is 2.11 bits per heavy atom. The molecule has 2 aliphatic rings. The van der Waals surface area contributed by atoms with Crippen molar-refractivity contribution >= 4 is 6.29 Å². The van der Waals surface area contributed by atoms with Crippen LogP contribution in [0.4, 0.5) is 0 Å². The van der Waals surface area contributed by atoms with Crippen LogP contribution in [0.25, 0.3) is 0 Å². The van der Waals surface area contributed by atoms with Gasteiger partial charge in [-0.3, -0.25) is 4.79 Å². The SMILES string of the molecule is CC(C)C1CCC(OC2(C=O)CCCCO2)CC1C. The highest BCUT2D eigenvalue weighted by Crippen LogP contribution is 2.38. The third-order valence-corrected chi connectivity index (χ3v) is 4.86. The van der Waals surface area contributed by atoms with Gasteiger partial charge >= 0.3 is 0 Å². The Labute approximate surface area is 117 Å². The number of hydrogen-bond acceptors (Lipinski definition) is 3. The Morgan fingerprint density at radius 1 is 1.32 bits per heavy atom. The summed E-state index contributed by atoms with van der Waals surface area (Å²) in [6.45, 7) is 7.57. The summed E-state index contributed by atoms with van der Waals surface area (Å²) in [5, 5.41) is 0. The highest BCUT2D eigenvalue weighted by Gasteiger charge is 2.39. The zero-order valence-electron chi connectivity index (χ0n) is 12.6. The molecule has 0 spiro atoms. The lowest BCUT2D eigenvalue weighted by Crippen LogP contribution is -2.45. The lowest BCUT2D eigenvalue weighted by Gasteiger charge is -2.41. The Balaban J connectivity index is 1.91. The van der Waals surface area contributed by atoms with Crippen LogP contribution in [-0.2, 0) is 14.3 Å². The predicted octanol–water partition coefficient (Wildman–Crippen LogP) is 3.56. The first-order valence-corrected chi connectivity index (χ1v) is 7.84. The summed E-state index contributed by atoms with van der Waals surface area (Å²) >= 11 is 0. The first kappa shape index (κ1) is 15.0. The Hall–Kier alpha value is -0.410. The Bertz CT molecular complexity index is 294. The largest absolute Gasteiger partial charge is 0.344 e. The molecule has 1 heterocycles. The van der Waals surface area contributed by atoms with E-state index in [0.717, 1.165) is 50.2 Å². The molecule has 0 aromatic carbocycles. The molecule has 0 radical (unpaired) electrons. The molecular weight excluding hydrogens is 240 g/mol.